The molecule has 146 valence electrons. The molecule has 10 nitrogen and oxygen atoms in total. The maximum absolute atomic E-state index is 12.2. The van der Waals surface area contributed by atoms with Gasteiger partial charge in [0.1, 0.15) is 5.69 Å². The number of benzene rings is 2. The van der Waals surface area contributed by atoms with Gasteiger partial charge in [-0.3, -0.25) is 20.2 Å². The quantitative estimate of drug-likeness (QED) is 0.437. The van der Waals surface area contributed by atoms with Crippen LogP contribution in [-0.4, -0.2) is 49.1 Å². The summed E-state index contributed by atoms with van der Waals surface area (Å²) >= 11 is 0. The lowest BCUT2D eigenvalue weighted by Gasteiger charge is -2.37. The number of esters is 1. The highest BCUT2D eigenvalue weighted by atomic mass is 16.6. The van der Waals surface area contributed by atoms with Gasteiger partial charge in [0.25, 0.3) is 11.4 Å². The van der Waals surface area contributed by atoms with Crippen molar-refractivity contribution in [2.75, 3.05) is 43.1 Å². The van der Waals surface area contributed by atoms with E-state index in [1.165, 1.54) is 0 Å². The van der Waals surface area contributed by atoms with Crippen LogP contribution in [0.1, 0.15) is 10.4 Å². The average Bonchev–Trinajstić information content (AvgIpc) is 2.72. The molecule has 0 N–H and O–H groups in total. The van der Waals surface area contributed by atoms with Crippen LogP contribution in [0, 0.1) is 20.2 Å². The number of carbonyl (C=O) groups is 1. The number of nitro groups is 2. The lowest BCUT2D eigenvalue weighted by molar-refractivity contribution is -0.393. The molecule has 0 saturated carbocycles. The summed E-state index contributed by atoms with van der Waals surface area (Å²) in [7, 11) is 1.13. The van der Waals surface area contributed by atoms with Gasteiger partial charge >= 0.3 is 5.97 Å². The van der Waals surface area contributed by atoms with Crippen molar-refractivity contribution in [1.82, 2.24) is 0 Å². The molecule has 1 fully saturated rings. The van der Waals surface area contributed by atoms with E-state index in [9.17, 15) is 25.0 Å². The maximum Gasteiger partial charge on any atom is 0.340 e. The van der Waals surface area contributed by atoms with Gasteiger partial charge in [0.2, 0.25) is 0 Å². The fraction of sp³-hybridized carbons (Fsp3) is 0.278. The maximum atomic E-state index is 12.2. The average molecular weight is 386 g/mol. The summed E-state index contributed by atoms with van der Waals surface area (Å²) < 4.78 is 4.71. The third-order valence-electron chi connectivity index (χ3n) is 4.60. The van der Waals surface area contributed by atoms with Gasteiger partial charge in [-0.2, -0.15) is 0 Å². The summed E-state index contributed by atoms with van der Waals surface area (Å²) in [5.74, 6) is -0.854. The zero-order valence-corrected chi connectivity index (χ0v) is 15.1. The fourth-order valence-corrected chi connectivity index (χ4v) is 3.27. The third-order valence-corrected chi connectivity index (χ3v) is 4.60. The smallest absolute Gasteiger partial charge is 0.340 e. The number of nitrogens with zero attached hydrogens (tertiary/aromatic N) is 4. The van der Waals surface area contributed by atoms with Crippen molar-refractivity contribution < 1.29 is 19.4 Å². The van der Waals surface area contributed by atoms with Crippen molar-refractivity contribution in [3.63, 3.8) is 0 Å². The molecule has 0 aliphatic carbocycles. The van der Waals surface area contributed by atoms with Crippen LogP contribution < -0.4 is 9.80 Å². The number of non-ortho nitro benzene ring substituents is 1. The number of methoxy groups -OCH3 is 1. The molecule has 0 aromatic heterocycles. The van der Waals surface area contributed by atoms with Gasteiger partial charge in [0.15, 0.2) is 0 Å². The molecule has 1 aliphatic heterocycles. The highest BCUT2D eigenvalue weighted by Crippen LogP contribution is 2.37. The Morgan fingerprint density at radius 2 is 1.57 bits per heavy atom. The minimum absolute atomic E-state index is 0.0511. The minimum atomic E-state index is -0.854. The van der Waals surface area contributed by atoms with E-state index in [0.29, 0.717) is 26.2 Å². The Labute approximate surface area is 160 Å². The Kier molecular flexibility index (Phi) is 5.39. The number of nitro benzene ring substituents is 2. The van der Waals surface area contributed by atoms with Crippen molar-refractivity contribution in [3.8, 4) is 0 Å². The van der Waals surface area contributed by atoms with Crippen LogP contribution >= 0.6 is 0 Å². The Morgan fingerprint density at radius 3 is 2.11 bits per heavy atom. The predicted molar refractivity (Wildman–Crippen MR) is 102 cm³/mol. The van der Waals surface area contributed by atoms with Gasteiger partial charge in [0, 0.05) is 37.9 Å². The van der Waals surface area contributed by atoms with Crippen molar-refractivity contribution in [1.29, 1.82) is 0 Å². The minimum Gasteiger partial charge on any atom is -0.465 e. The number of piperazine rings is 1. The number of hydrogen-bond acceptors (Lipinski definition) is 8. The number of hydrogen-bond donors (Lipinski definition) is 0. The second-order valence-electron chi connectivity index (χ2n) is 6.18. The van der Waals surface area contributed by atoms with E-state index in [1.807, 2.05) is 30.3 Å². The standard InChI is InChI=1S/C18H18N4O6/c1-28-18(23)15-11-14(21(24)25)12-16(22(26)27)17(15)20-9-7-19(8-10-20)13-5-3-2-4-6-13/h2-6,11-12H,7-10H2,1H3. The van der Waals surface area contributed by atoms with Crippen LogP contribution in [0.5, 0.6) is 0 Å². The molecule has 2 aromatic carbocycles. The fourth-order valence-electron chi connectivity index (χ4n) is 3.27. The lowest BCUT2D eigenvalue weighted by Crippen LogP contribution is -2.47. The predicted octanol–water partition coefficient (Wildman–Crippen LogP) is 2.62. The highest BCUT2D eigenvalue weighted by molar-refractivity contribution is 5.99. The van der Waals surface area contributed by atoms with E-state index in [2.05, 4.69) is 4.90 Å². The molecule has 0 radical (unpaired) electrons. The summed E-state index contributed by atoms with van der Waals surface area (Å²) in [6, 6.07) is 11.6. The van der Waals surface area contributed by atoms with Gasteiger partial charge in [-0.1, -0.05) is 18.2 Å². The van der Waals surface area contributed by atoms with Crippen LogP contribution in [0.15, 0.2) is 42.5 Å². The second-order valence-corrected chi connectivity index (χ2v) is 6.18. The Morgan fingerprint density at radius 1 is 0.964 bits per heavy atom. The van der Waals surface area contributed by atoms with E-state index < -0.39 is 27.2 Å². The first kappa shape index (κ1) is 19.1. The number of para-hydroxylation sites is 1. The zero-order chi connectivity index (χ0) is 20.3. The summed E-state index contributed by atoms with van der Waals surface area (Å²) in [4.78, 5) is 37.3. The SMILES string of the molecule is COC(=O)c1cc([N+](=O)[O-])cc([N+](=O)[O-])c1N1CCN(c2ccccc2)CC1. The van der Waals surface area contributed by atoms with Crippen molar-refractivity contribution >= 4 is 28.7 Å². The first-order valence-corrected chi connectivity index (χ1v) is 8.52. The number of rotatable bonds is 5. The van der Waals surface area contributed by atoms with Gasteiger partial charge in [0.05, 0.1) is 28.6 Å². The van der Waals surface area contributed by atoms with Crippen LogP contribution in [-0.2, 0) is 4.74 Å². The van der Waals surface area contributed by atoms with Crippen LogP contribution in [0.25, 0.3) is 0 Å². The molecule has 1 saturated heterocycles. The van der Waals surface area contributed by atoms with Gasteiger partial charge in [-0.15, -0.1) is 0 Å². The van der Waals surface area contributed by atoms with Gasteiger partial charge in [-0.25, -0.2) is 4.79 Å². The van der Waals surface area contributed by atoms with E-state index in [-0.39, 0.29) is 11.3 Å². The van der Waals surface area contributed by atoms with Gasteiger partial charge in [-0.05, 0) is 12.1 Å². The molecule has 0 amide bonds. The number of anilines is 2. The van der Waals surface area contributed by atoms with E-state index >= 15 is 0 Å². The van der Waals surface area contributed by atoms with Crippen LogP contribution in [0.3, 0.4) is 0 Å². The summed E-state index contributed by atoms with van der Waals surface area (Å²) in [6.45, 7) is 1.99. The first-order valence-electron chi connectivity index (χ1n) is 8.52. The molecule has 2 aromatic rings. The van der Waals surface area contributed by atoms with E-state index in [4.69, 9.17) is 4.74 Å². The Balaban J connectivity index is 1.97. The summed E-state index contributed by atoms with van der Waals surface area (Å²) in [6.07, 6.45) is 0. The summed E-state index contributed by atoms with van der Waals surface area (Å²) in [5, 5.41) is 22.7. The lowest BCUT2D eigenvalue weighted by atomic mass is 10.1. The Bertz CT molecular complexity index is 910. The molecule has 0 bridgehead atoms. The monoisotopic (exact) mass is 386 g/mol. The molecule has 0 spiro atoms. The van der Waals surface area contributed by atoms with E-state index in [0.717, 1.165) is 24.9 Å². The highest BCUT2D eigenvalue weighted by Gasteiger charge is 2.32. The number of ether oxygens (including phenoxy) is 1. The molecular formula is C18H18N4O6. The largest absolute Gasteiger partial charge is 0.465 e. The molecule has 1 aliphatic rings. The summed E-state index contributed by atoms with van der Waals surface area (Å²) in [5.41, 5.74) is -0.109. The third kappa shape index (κ3) is 3.70. The topological polar surface area (TPSA) is 119 Å². The normalized spacial score (nSPS) is 13.9. The molecule has 28 heavy (non-hydrogen) atoms. The first-order chi connectivity index (χ1) is 13.4. The molecule has 0 unspecified atom stereocenters. The second kappa shape index (κ2) is 7.91. The molecule has 0 atom stereocenters. The Hall–Kier alpha value is -3.69. The molecule has 10 heteroatoms. The van der Waals surface area contributed by atoms with Gasteiger partial charge < -0.3 is 14.5 Å². The van der Waals surface area contributed by atoms with Crippen molar-refractivity contribution in [3.05, 3.63) is 68.3 Å². The molecule has 3 rings (SSSR count). The number of carbonyl (C=O) groups excluding carboxylic acids is 1. The van der Waals surface area contributed by atoms with E-state index in [1.54, 1.807) is 4.90 Å². The molecule has 1 heterocycles. The van der Waals surface area contributed by atoms with Crippen molar-refractivity contribution in [2.45, 2.75) is 0 Å². The van der Waals surface area contributed by atoms with Crippen molar-refractivity contribution in [2.24, 2.45) is 0 Å². The van der Waals surface area contributed by atoms with Crippen LogP contribution in [0.4, 0.5) is 22.7 Å². The zero-order valence-electron chi connectivity index (χ0n) is 15.1. The molecular weight excluding hydrogens is 368 g/mol. The van der Waals surface area contributed by atoms with Crippen LogP contribution in [0.2, 0.25) is 0 Å².